The van der Waals surface area contributed by atoms with Crippen molar-refractivity contribution in [3.63, 3.8) is 0 Å². The molecule has 13 heteroatoms. The topological polar surface area (TPSA) is 99.1 Å². The Morgan fingerprint density at radius 2 is 1.72 bits per heavy atom. The zero-order chi connectivity index (χ0) is 24.3. The zero-order valence-corrected chi connectivity index (χ0v) is 18.9. The number of sulfonamides is 1. The fourth-order valence-corrected chi connectivity index (χ4v) is 5.08. The quantitative estimate of drug-likeness (QED) is 0.454. The van der Waals surface area contributed by atoms with Gasteiger partial charge in [0.05, 0.1) is 32.9 Å². The molecule has 2 N–H and O–H groups in total. The molecule has 0 unspecified atom stereocenters. The largest absolute Gasteiger partial charge is 0.416 e. The maximum absolute atomic E-state index is 13.2. The molecule has 0 aliphatic rings. The summed E-state index contributed by atoms with van der Waals surface area (Å²) in [6.45, 7) is 3.39. The van der Waals surface area contributed by atoms with Gasteiger partial charge in [0.15, 0.2) is 0 Å². The molecule has 0 fully saturated rings. The number of hydrogen-bond acceptors (Lipinski definition) is 4. The normalized spacial score (nSPS) is 11.5. The van der Waals surface area contributed by atoms with Crippen LogP contribution >= 0.6 is 34.8 Å². The molecule has 0 aliphatic carbocycles. The van der Waals surface area contributed by atoms with Crippen molar-refractivity contribution >= 4 is 56.4 Å². The van der Waals surface area contributed by atoms with Gasteiger partial charge >= 0.3 is 6.18 Å². The number of carbonyl (C=O) groups excluding carboxylic acids is 1. The van der Waals surface area contributed by atoms with E-state index in [0.717, 1.165) is 18.2 Å². The Morgan fingerprint density at radius 1 is 1.12 bits per heavy atom. The second-order valence-electron chi connectivity index (χ2n) is 6.28. The van der Waals surface area contributed by atoms with Gasteiger partial charge < -0.3 is 5.32 Å². The summed E-state index contributed by atoms with van der Waals surface area (Å²) in [5.41, 5.74) is -2.08. The molecule has 0 heterocycles. The zero-order valence-electron chi connectivity index (χ0n) is 15.9. The van der Waals surface area contributed by atoms with E-state index in [1.165, 1.54) is 0 Å². The van der Waals surface area contributed by atoms with E-state index in [9.17, 15) is 26.4 Å². The van der Waals surface area contributed by atoms with Crippen LogP contribution in [0.1, 0.15) is 22.3 Å². The molecular formula is C19H13Cl3F3N3O3S. The average Bonchev–Trinajstić information content (AvgIpc) is 2.65. The van der Waals surface area contributed by atoms with Crippen molar-refractivity contribution in [2.75, 3.05) is 11.3 Å². The second kappa shape index (κ2) is 10.0. The van der Waals surface area contributed by atoms with Crippen LogP contribution in [0.15, 0.2) is 47.4 Å². The van der Waals surface area contributed by atoms with Crippen molar-refractivity contribution < 1.29 is 26.4 Å². The summed E-state index contributed by atoms with van der Waals surface area (Å²) in [7, 11) is -4.62. The number of benzene rings is 2. The molecule has 170 valence electrons. The van der Waals surface area contributed by atoms with Gasteiger partial charge in [-0.1, -0.05) is 41.4 Å². The predicted octanol–water partition coefficient (Wildman–Crippen LogP) is 5.67. The van der Waals surface area contributed by atoms with Gasteiger partial charge in [-0.3, -0.25) is 9.52 Å². The minimum absolute atomic E-state index is 0.0389. The van der Waals surface area contributed by atoms with Crippen LogP contribution in [-0.4, -0.2) is 20.9 Å². The first-order valence-electron chi connectivity index (χ1n) is 8.51. The third-order valence-corrected chi connectivity index (χ3v) is 6.44. The molecule has 0 aliphatic heterocycles. The van der Waals surface area contributed by atoms with E-state index in [0.29, 0.717) is 12.1 Å². The third kappa shape index (κ3) is 6.29. The van der Waals surface area contributed by atoms with Crippen LogP contribution in [0, 0.1) is 11.3 Å². The number of nitriles is 1. The molecule has 2 rings (SSSR count). The van der Waals surface area contributed by atoms with Gasteiger partial charge in [0, 0.05) is 17.1 Å². The minimum Gasteiger partial charge on any atom is -0.352 e. The van der Waals surface area contributed by atoms with Crippen LogP contribution in [0.25, 0.3) is 0 Å². The summed E-state index contributed by atoms with van der Waals surface area (Å²) >= 11 is 17.6. The Hall–Kier alpha value is -2.45. The van der Waals surface area contributed by atoms with Crippen molar-refractivity contribution in [2.45, 2.75) is 17.5 Å². The molecule has 0 saturated carbocycles. The van der Waals surface area contributed by atoms with Gasteiger partial charge in [0.1, 0.15) is 4.90 Å². The smallest absolute Gasteiger partial charge is 0.352 e. The highest BCUT2D eigenvalue weighted by Gasteiger charge is 2.33. The van der Waals surface area contributed by atoms with Crippen molar-refractivity contribution in [3.05, 3.63) is 68.7 Å². The molecule has 0 radical (unpaired) electrons. The highest BCUT2D eigenvalue weighted by atomic mass is 35.5. The molecule has 1 amide bonds. The molecule has 32 heavy (non-hydrogen) atoms. The second-order valence-corrected chi connectivity index (χ2v) is 9.15. The number of nitrogens with one attached hydrogen (secondary N) is 2. The number of carbonyl (C=O) groups is 1. The minimum atomic E-state index is -4.81. The van der Waals surface area contributed by atoms with Crippen LogP contribution in [0.2, 0.25) is 15.1 Å². The average molecular weight is 527 g/mol. The van der Waals surface area contributed by atoms with Crippen molar-refractivity contribution in [1.82, 2.24) is 5.32 Å². The van der Waals surface area contributed by atoms with Crippen molar-refractivity contribution in [2.24, 2.45) is 0 Å². The number of halogens is 6. The van der Waals surface area contributed by atoms with E-state index < -0.39 is 43.8 Å². The monoisotopic (exact) mass is 525 g/mol. The van der Waals surface area contributed by atoms with Gasteiger partial charge in [-0.2, -0.15) is 18.4 Å². The van der Waals surface area contributed by atoms with E-state index >= 15 is 0 Å². The number of amides is 1. The lowest BCUT2D eigenvalue weighted by Crippen LogP contribution is -2.27. The molecule has 2 aromatic rings. The first kappa shape index (κ1) is 25.8. The number of nitrogens with zero attached hydrogens (tertiary/aromatic N) is 1. The molecular weight excluding hydrogens is 514 g/mol. The lowest BCUT2D eigenvalue weighted by atomic mass is 10.1. The standard InChI is InChI=1S/C19H13Cl3F3N3O3S/c1-10(9-26)4-5-27-18(29)13-3-2-11(19(23,24)25)6-16(13)28-32(30,31)17-14(21)7-12(20)8-15(17)22/h2-3,6-8,28H,1,4-5H2,(H,27,29). The molecule has 0 bridgehead atoms. The summed E-state index contributed by atoms with van der Waals surface area (Å²) < 4.78 is 67.2. The molecule has 0 spiro atoms. The fraction of sp³-hybridized carbons (Fsp3) is 0.158. The highest BCUT2D eigenvalue weighted by molar-refractivity contribution is 7.93. The van der Waals surface area contributed by atoms with Gasteiger partial charge in [-0.15, -0.1) is 0 Å². The van der Waals surface area contributed by atoms with Crippen LogP contribution < -0.4 is 10.0 Å². The molecule has 6 nitrogen and oxygen atoms in total. The van der Waals surface area contributed by atoms with Crippen LogP contribution in [-0.2, 0) is 16.2 Å². The summed E-state index contributed by atoms with van der Waals surface area (Å²) in [5.74, 6) is -0.879. The Kier molecular flexibility index (Phi) is 8.07. The molecule has 0 saturated heterocycles. The third-order valence-electron chi connectivity index (χ3n) is 3.94. The number of hydrogen-bond donors (Lipinski definition) is 2. The Balaban J connectivity index is 2.49. The van der Waals surface area contributed by atoms with E-state index in [4.69, 9.17) is 40.1 Å². The van der Waals surface area contributed by atoms with Gasteiger partial charge in [0.25, 0.3) is 15.9 Å². The fourth-order valence-electron chi connectivity index (χ4n) is 2.46. The van der Waals surface area contributed by atoms with E-state index in [2.05, 4.69) is 11.9 Å². The summed E-state index contributed by atoms with van der Waals surface area (Å²) in [6, 6.07) is 5.88. The molecule has 2 aromatic carbocycles. The first-order chi connectivity index (χ1) is 14.8. The van der Waals surface area contributed by atoms with Crippen LogP contribution in [0.5, 0.6) is 0 Å². The van der Waals surface area contributed by atoms with E-state index in [1.54, 1.807) is 6.07 Å². The SMILES string of the molecule is C=C(C#N)CCNC(=O)c1ccc(C(F)(F)F)cc1NS(=O)(=O)c1c(Cl)cc(Cl)cc1Cl. The van der Waals surface area contributed by atoms with Crippen LogP contribution in [0.3, 0.4) is 0 Å². The maximum atomic E-state index is 13.2. The Bertz CT molecular complexity index is 1200. The number of rotatable bonds is 7. The lowest BCUT2D eigenvalue weighted by Gasteiger charge is -2.16. The lowest BCUT2D eigenvalue weighted by molar-refractivity contribution is -0.137. The van der Waals surface area contributed by atoms with Crippen molar-refractivity contribution in [1.29, 1.82) is 5.26 Å². The van der Waals surface area contributed by atoms with E-state index in [1.807, 2.05) is 4.72 Å². The molecule has 0 atom stereocenters. The summed E-state index contributed by atoms with van der Waals surface area (Å²) in [5, 5.41) is 10.4. The van der Waals surface area contributed by atoms with E-state index in [-0.39, 0.29) is 33.6 Å². The molecule has 0 aromatic heterocycles. The van der Waals surface area contributed by atoms with Gasteiger partial charge in [-0.05, 0) is 36.8 Å². The van der Waals surface area contributed by atoms with Crippen LogP contribution in [0.4, 0.5) is 18.9 Å². The Morgan fingerprint density at radius 3 is 2.25 bits per heavy atom. The highest BCUT2D eigenvalue weighted by Crippen LogP contribution is 2.36. The number of anilines is 1. The number of alkyl halides is 3. The predicted molar refractivity (Wildman–Crippen MR) is 115 cm³/mol. The Labute approximate surface area is 196 Å². The first-order valence-corrected chi connectivity index (χ1v) is 11.1. The van der Waals surface area contributed by atoms with Crippen molar-refractivity contribution in [3.8, 4) is 6.07 Å². The maximum Gasteiger partial charge on any atom is 0.416 e. The van der Waals surface area contributed by atoms with Gasteiger partial charge in [-0.25, -0.2) is 8.42 Å². The summed E-state index contributed by atoms with van der Waals surface area (Å²) in [6.07, 6.45) is -4.71. The summed E-state index contributed by atoms with van der Waals surface area (Å²) in [4.78, 5) is 11.9. The van der Waals surface area contributed by atoms with Gasteiger partial charge in [0.2, 0.25) is 0 Å².